The predicted molar refractivity (Wildman–Crippen MR) is 81.5 cm³/mol. The van der Waals surface area contributed by atoms with Crippen LogP contribution in [0.3, 0.4) is 0 Å². The van der Waals surface area contributed by atoms with Gasteiger partial charge in [0.1, 0.15) is 0 Å². The van der Waals surface area contributed by atoms with E-state index in [1.165, 1.54) is 37.7 Å². The summed E-state index contributed by atoms with van der Waals surface area (Å²) in [5.74, 6) is 0. The van der Waals surface area contributed by atoms with Crippen molar-refractivity contribution in [1.82, 2.24) is 5.48 Å². The molecule has 0 bridgehead atoms. The molecule has 106 valence electrons. The molecular formula is C17H27NO. The third-order valence-corrected chi connectivity index (χ3v) is 3.07. The summed E-state index contributed by atoms with van der Waals surface area (Å²) in [6, 6.07) is 10.2. The largest absolute Gasteiger partial charge is 0.272 e. The minimum absolute atomic E-state index is 0.600. The topological polar surface area (TPSA) is 21.3 Å². The van der Waals surface area contributed by atoms with Crippen LogP contribution in [0, 0.1) is 0 Å². The third kappa shape index (κ3) is 8.44. The highest BCUT2D eigenvalue weighted by atomic mass is 16.6. The first-order chi connectivity index (χ1) is 9.33. The Labute approximate surface area is 117 Å². The molecule has 0 spiro atoms. The fraction of sp³-hybridized carbons (Fsp3) is 0.529. The van der Waals surface area contributed by atoms with Crippen LogP contribution in [-0.4, -0.2) is 0 Å². The van der Waals surface area contributed by atoms with Crippen molar-refractivity contribution in [3.05, 3.63) is 47.7 Å². The number of hydrogen-bond acceptors (Lipinski definition) is 2. The predicted octanol–water partition coefficient (Wildman–Crippen LogP) is 4.97. The number of unbranched alkanes of at least 4 members (excludes halogenated alkanes) is 5. The van der Waals surface area contributed by atoms with Gasteiger partial charge in [0.15, 0.2) is 0 Å². The standard InChI is InChI=1S/C17H27NO/c1-3-4-5-6-7-9-12-16(2)18-19-15-17-13-10-8-11-14-17/h8,10-14,18H,3-7,9,15H2,1-2H3. The third-order valence-electron chi connectivity index (χ3n) is 3.07. The van der Waals surface area contributed by atoms with Gasteiger partial charge in [-0.1, -0.05) is 69.0 Å². The summed E-state index contributed by atoms with van der Waals surface area (Å²) in [6.45, 7) is 4.90. The first-order valence-electron chi connectivity index (χ1n) is 7.41. The lowest BCUT2D eigenvalue weighted by atomic mass is 10.1. The van der Waals surface area contributed by atoms with E-state index in [0.717, 1.165) is 12.1 Å². The molecule has 1 aromatic carbocycles. The normalized spacial score (nSPS) is 11.6. The van der Waals surface area contributed by atoms with Crippen LogP contribution in [0.25, 0.3) is 0 Å². The SMILES string of the molecule is CCCCCCCC=C(C)NOCc1ccccc1. The van der Waals surface area contributed by atoms with E-state index in [9.17, 15) is 0 Å². The molecule has 0 heterocycles. The van der Waals surface area contributed by atoms with Gasteiger partial charge in [0, 0.05) is 5.70 Å². The molecule has 0 amide bonds. The Morgan fingerprint density at radius 3 is 2.58 bits per heavy atom. The van der Waals surface area contributed by atoms with Crippen LogP contribution in [0.2, 0.25) is 0 Å². The smallest absolute Gasteiger partial charge is 0.0996 e. The Kier molecular flexibility index (Phi) is 8.82. The first-order valence-corrected chi connectivity index (χ1v) is 7.41. The maximum absolute atomic E-state index is 5.46. The Hall–Kier alpha value is -1.28. The van der Waals surface area contributed by atoms with E-state index < -0.39 is 0 Å². The van der Waals surface area contributed by atoms with Crippen molar-refractivity contribution in [3.8, 4) is 0 Å². The van der Waals surface area contributed by atoms with Gasteiger partial charge in [-0.2, -0.15) is 0 Å². The fourth-order valence-corrected chi connectivity index (χ4v) is 1.92. The van der Waals surface area contributed by atoms with E-state index >= 15 is 0 Å². The summed E-state index contributed by atoms with van der Waals surface area (Å²) >= 11 is 0. The number of hydroxylamine groups is 1. The molecule has 0 saturated carbocycles. The number of nitrogens with one attached hydrogen (secondary N) is 1. The number of allylic oxidation sites excluding steroid dienone is 2. The van der Waals surface area contributed by atoms with Gasteiger partial charge in [-0.3, -0.25) is 10.3 Å². The summed E-state index contributed by atoms with van der Waals surface area (Å²) in [6.07, 6.45) is 10.0. The molecule has 0 aliphatic rings. The van der Waals surface area contributed by atoms with E-state index in [0.29, 0.717) is 6.61 Å². The van der Waals surface area contributed by atoms with Crippen LogP contribution in [-0.2, 0) is 11.4 Å². The Morgan fingerprint density at radius 2 is 1.84 bits per heavy atom. The highest BCUT2D eigenvalue weighted by Crippen LogP contribution is 2.06. The minimum Gasteiger partial charge on any atom is -0.272 e. The highest BCUT2D eigenvalue weighted by Gasteiger charge is 1.93. The lowest BCUT2D eigenvalue weighted by molar-refractivity contribution is 0.0491. The van der Waals surface area contributed by atoms with Crippen molar-refractivity contribution in [1.29, 1.82) is 0 Å². The van der Waals surface area contributed by atoms with Gasteiger partial charge in [0.25, 0.3) is 0 Å². The van der Waals surface area contributed by atoms with Crippen LogP contribution >= 0.6 is 0 Å². The van der Waals surface area contributed by atoms with Crippen molar-refractivity contribution in [3.63, 3.8) is 0 Å². The van der Waals surface area contributed by atoms with Gasteiger partial charge in [-0.15, -0.1) is 0 Å². The molecule has 1 rings (SSSR count). The molecule has 1 N–H and O–H groups in total. The second kappa shape index (κ2) is 10.6. The van der Waals surface area contributed by atoms with E-state index in [-0.39, 0.29) is 0 Å². The van der Waals surface area contributed by atoms with Crippen molar-refractivity contribution in [2.24, 2.45) is 0 Å². The molecule has 0 unspecified atom stereocenters. The van der Waals surface area contributed by atoms with E-state index in [2.05, 4.69) is 37.5 Å². The van der Waals surface area contributed by atoms with Gasteiger partial charge >= 0.3 is 0 Å². The molecule has 0 atom stereocenters. The zero-order valence-corrected chi connectivity index (χ0v) is 12.3. The van der Waals surface area contributed by atoms with Crippen LogP contribution in [0.1, 0.15) is 57.9 Å². The van der Waals surface area contributed by atoms with Crippen LogP contribution < -0.4 is 5.48 Å². The highest BCUT2D eigenvalue weighted by molar-refractivity contribution is 5.13. The average molecular weight is 261 g/mol. The summed E-state index contributed by atoms with van der Waals surface area (Å²) in [7, 11) is 0. The Morgan fingerprint density at radius 1 is 1.11 bits per heavy atom. The van der Waals surface area contributed by atoms with E-state index in [1.807, 2.05) is 18.2 Å². The van der Waals surface area contributed by atoms with Crippen molar-refractivity contribution in [2.75, 3.05) is 0 Å². The van der Waals surface area contributed by atoms with Gasteiger partial charge in [0.2, 0.25) is 0 Å². The lowest BCUT2D eigenvalue weighted by Gasteiger charge is -2.07. The van der Waals surface area contributed by atoms with Gasteiger partial charge in [-0.25, -0.2) is 0 Å². The first kappa shape index (κ1) is 15.8. The monoisotopic (exact) mass is 261 g/mol. The van der Waals surface area contributed by atoms with Crippen molar-refractivity contribution < 1.29 is 4.84 Å². The quantitative estimate of drug-likeness (QED) is 0.474. The molecule has 2 heteroatoms. The summed E-state index contributed by atoms with van der Waals surface area (Å²) < 4.78 is 0. The Balaban J connectivity index is 2.05. The lowest BCUT2D eigenvalue weighted by Crippen LogP contribution is -2.11. The maximum atomic E-state index is 5.46. The van der Waals surface area contributed by atoms with Gasteiger partial charge in [-0.05, 0) is 25.3 Å². The molecule has 2 nitrogen and oxygen atoms in total. The van der Waals surface area contributed by atoms with E-state index in [1.54, 1.807) is 0 Å². The van der Waals surface area contributed by atoms with E-state index in [4.69, 9.17) is 4.84 Å². The molecule has 0 saturated heterocycles. The summed E-state index contributed by atoms with van der Waals surface area (Å²) in [5, 5.41) is 0. The molecule has 0 aliphatic heterocycles. The van der Waals surface area contributed by atoms with Crippen molar-refractivity contribution in [2.45, 2.75) is 59.0 Å². The molecule has 1 aromatic rings. The van der Waals surface area contributed by atoms with Crippen LogP contribution in [0.15, 0.2) is 42.1 Å². The number of rotatable bonds is 10. The molecule has 0 aliphatic carbocycles. The molecular weight excluding hydrogens is 234 g/mol. The number of benzene rings is 1. The van der Waals surface area contributed by atoms with Crippen molar-refractivity contribution >= 4 is 0 Å². The second-order valence-corrected chi connectivity index (χ2v) is 4.97. The minimum atomic E-state index is 0.600. The zero-order chi connectivity index (χ0) is 13.8. The fourth-order valence-electron chi connectivity index (χ4n) is 1.92. The molecule has 0 aromatic heterocycles. The molecule has 0 radical (unpaired) electrons. The zero-order valence-electron chi connectivity index (χ0n) is 12.3. The van der Waals surface area contributed by atoms with Gasteiger partial charge < -0.3 is 0 Å². The second-order valence-electron chi connectivity index (χ2n) is 4.97. The molecule has 0 fully saturated rings. The summed E-state index contributed by atoms with van der Waals surface area (Å²) in [4.78, 5) is 5.46. The van der Waals surface area contributed by atoms with Gasteiger partial charge in [0.05, 0.1) is 6.61 Å². The number of hydrogen-bond donors (Lipinski definition) is 1. The maximum Gasteiger partial charge on any atom is 0.0996 e. The van der Waals surface area contributed by atoms with Crippen LogP contribution in [0.4, 0.5) is 0 Å². The van der Waals surface area contributed by atoms with Crippen LogP contribution in [0.5, 0.6) is 0 Å². The Bertz CT molecular complexity index is 346. The summed E-state index contributed by atoms with van der Waals surface area (Å²) in [5.41, 5.74) is 5.28. The molecule has 19 heavy (non-hydrogen) atoms. The average Bonchev–Trinajstić information content (AvgIpc) is 2.44.